The summed E-state index contributed by atoms with van der Waals surface area (Å²) in [6.07, 6.45) is 0. The Morgan fingerprint density at radius 1 is 1.18 bits per heavy atom. The van der Waals surface area contributed by atoms with Crippen LogP contribution < -0.4 is 4.74 Å². The Labute approximate surface area is 114 Å². The Morgan fingerprint density at radius 2 is 1.76 bits per heavy atom. The first-order valence-electron chi connectivity index (χ1n) is 3.88. The summed E-state index contributed by atoms with van der Waals surface area (Å²) in [5.74, 6) is -0.360. The van der Waals surface area contributed by atoms with Crippen molar-refractivity contribution in [1.29, 1.82) is 0 Å². The first kappa shape index (κ1) is 15.0. The van der Waals surface area contributed by atoms with E-state index < -0.39 is 23.9 Å². The van der Waals surface area contributed by atoms with Crippen molar-refractivity contribution in [1.82, 2.24) is 0 Å². The fourth-order valence-electron chi connectivity index (χ4n) is 0.914. The molecule has 0 saturated heterocycles. The van der Waals surface area contributed by atoms with Crippen LogP contribution in [-0.2, 0) is 0 Å². The minimum Gasteiger partial charge on any atom is -0.434 e. The number of ether oxygens (including phenoxy) is 1. The van der Waals surface area contributed by atoms with Crippen LogP contribution in [0.25, 0.3) is 0 Å². The monoisotopic (exact) mass is 400 g/mol. The molecule has 0 saturated carbocycles. The summed E-state index contributed by atoms with van der Waals surface area (Å²) in [5.41, 5.74) is -4.49. The molecule has 1 nitrogen and oxygen atoms in total. The summed E-state index contributed by atoms with van der Waals surface area (Å²) >= 11 is 5.46. The van der Waals surface area contributed by atoms with Gasteiger partial charge in [0.2, 0.25) is 0 Å². The average Bonchev–Trinajstić information content (AvgIpc) is 2.09. The fraction of sp³-hybridized carbons (Fsp3) is 0.250. The van der Waals surface area contributed by atoms with Crippen molar-refractivity contribution in [2.75, 3.05) is 0 Å². The zero-order chi connectivity index (χ0) is 13.2. The minimum absolute atomic E-state index is 0.129. The molecule has 1 rings (SSSR count). The SMILES string of the molecule is FC(F)Oc1cc(SC(F)(F)F)cc(Br)c1Br. The summed E-state index contributed by atoms with van der Waals surface area (Å²) in [7, 11) is 0. The lowest BCUT2D eigenvalue weighted by Crippen LogP contribution is -2.04. The second-order valence-corrected chi connectivity index (χ2v) is 5.43. The van der Waals surface area contributed by atoms with Crippen molar-refractivity contribution in [3.05, 3.63) is 21.1 Å². The molecule has 1 aromatic carbocycles. The van der Waals surface area contributed by atoms with Crippen molar-refractivity contribution in [2.45, 2.75) is 17.0 Å². The Bertz CT molecular complexity index is 410. The maximum Gasteiger partial charge on any atom is 0.446 e. The van der Waals surface area contributed by atoms with Crippen LogP contribution >= 0.6 is 43.6 Å². The van der Waals surface area contributed by atoms with Crippen LogP contribution in [0.2, 0.25) is 0 Å². The van der Waals surface area contributed by atoms with Crippen molar-refractivity contribution in [3.63, 3.8) is 0 Å². The predicted octanol–water partition coefficient (Wildman–Crippen LogP) is 5.42. The molecule has 0 fully saturated rings. The zero-order valence-electron chi connectivity index (χ0n) is 7.69. The van der Waals surface area contributed by atoms with Crippen LogP contribution in [0.1, 0.15) is 0 Å². The Kier molecular flexibility index (Phi) is 5.08. The molecule has 0 N–H and O–H groups in total. The third kappa shape index (κ3) is 5.01. The highest BCUT2D eigenvalue weighted by Gasteiger charge is 2.30. The van der Waals surface area contributed by atoms with Gasteiger partial charge in [0, 0.05) is 9.37 Å². The molecular formula is C8H3Br2F5OS. The lowest BCUT2D eigenvalue weighted by molar-refractivity contribution is -0.0505. The van der Waals surface area contributed by atoms with E-state index in [1.807, 2.05) is 0 Å². The maximum absolute atomic E-state index is 12.1. The van der Waals surface area contributed by atoms with Crippen LogP contribution in [0.5, 0.6) is 5.75 Å². The smallest absolute Gasteiger partial charge is 0.434 e. The van der Waals surface area contributed by atoms with Crippen molar-refractivity contribution in [3.8, 4) is 5.75 Å². The molecule has 0 radical (unpaired) electrons. The molecule has 0 spiro atoms. The molecule has 0 unspecified atom stereocenters. The third-order valence-corrected chi connectivity index (χ3v) is 4.10. The highest BCUT2D eigenvalue weighted by Crippen LogP contribution is 2.43. The van der Waals surface area contributed by atoms with Crippen LogP contribution in [0, 0.1) is 0 Å². The molecule has 0 heterocycles. The van der Waals surface area contributed by atoms with Crippen LogP contribution in [0.15, 0.2) is 26.0 Å². The van der Waals surface area contributed by atoms with E-state index in [0.717, 1.165) is 12.1 Å². The topological polar surface area (TPSA) is 9.23 Å². The zero-order valence-corrected chi connectivity index (χ0v) is 11.7. The van der Waals surface area contributed by atoms with E-state index in [1.54, 1.807) is 0 Å². The Hall–Kier alpha value is -0.0200. The van der Waals surface area contributed by atoms with Crippen molar-refractivity contribution < 1.29 is 26.7 Å². The van der Waals surface area contributed by atoms with Crippen LogP contribution in [0.3, 0.4) is 0 Å². The second-order valence-electron chi connectivity index (χ2n) is 2.64. The molecule has 9 heteroatoms. The summed E-state index contributed by atoms with van der Waals surface area (Å²) < 4.78 is 64.8. The standard InChI is InChI=1S/C8H3Br2F5OS/c9-4-1-3(17-8(13,14)15)2-5(6(4)10)16-7(11)12/h1-2,7H. The van der Waals surface area contributed by atoms with Gasteiger partial charge in [0.1, 0.15) is 5.75 Å². The molecule has 0 atom stereocenters. The van der Waals surface area contributed by atoms with Gasteiger partial charge < -0.3 is 4.74 Å². The average molecular weight is 402 g/mol. The van der Waals surface area contributed by atoms with Gasteiger partial charge >= 0.3 is 12.1 Å². The summed E-state index contributed by atoms with van der Waals surface area (Å²) in [6, 6.07) is 2.04. The van der Waals surface area contributed by atoms with Gasteiger partial charge in [-0.05, 0) is 55.8 Å². The van der Waals surface area contributed by atoms with Crippen molar-refractivity contribution in [2.24, 2.45) is 0 Å². The van der Waals surface area contributed by atoms with E-state index in [9.17, 15) is 22.0 Å². The van der Waals surface area contributed by atoms with Crippen molar-refractivity contribution >= 4 is 43.6 Å². The number of rotatable bonds is 3. The summed E-state index contributed by atoms with van der Waals surface area (Å²) in [4.78, 5) is -0.247. The third-order valence-electron chi connectivity index (χ3n) is 1.42. The summed E-state index contributed by atoms with van der Waals surface area (Å²) in [5, 5.41) is 0. The normalized spacial score (nSPS) is 12.0. The van der Waals surface area contributed by atoms with E-state index in [1.165, 1.54) is 0 Å². The molecule has 0 aromatic heterocycles. The van der Waals surface area contributed by atoms with E-state index in [4.69, 9.17) is 0 Å². The lowest BCUT2D eigenvalue weighted by atomic mass is 10.3. The van der Waals surface area contributed by atoms with Gasteiger partial charge in [0.15, 0.2) is 0 Å². The molecule has 0 aliphatic heterocycles. The van der Waals surface area contributed by atoms with Crippen LogP contribution in [-0.4, -0.2) is 12.1 Å². The highest BCUT2D eigenvalue weighted by atomic mass is 79.9. The highest BCUT2D eigenvalue weighted by molar-refractivity contribution is 9.13. The van der Waals surface area contributed by atoms with E-state index >= 15 is 0 Å². The molecule has 0 bridgehead atoms. The second kappa shape index (κ2) is 5.75. The molecule has 0 amide bonds. The van der Waals surface area contributed by atoms with E-state index in [2.05, 4.69) is 36.6 Å². The minimum atomic E-state index is -4.49. The number of alkyl halides is 5. The predicted molar refractivity (Wildman–Crippen MR) is 60.4 cm³/mol. The quantitative estimate of drug-likeness (QED) is 0.493. The molecular weight excluding hydrogens is 399 g/mol. The van der Waals surface area contributed by atoms with Gasteiger partial charge in [0.05, 0.1) is 4.47 Å². The van der Waals surface area contributed by atoms with E-state index in [-0.39, 0.29) is 19.6 Å². The number of hydrogen-bond acceptors (Lipinski definition) is 2. The van der Waals surface area contributed by atoms with Gasteiger partial charge in [-0.25, -0.2) is 0 Å². The van der Waals surface area contributed by atoms with Gasteiger partial charge in [0.25, 0.3) is 0 Å². The molecule has 0 aliphatic rings. The largest absolute Gasteiger partial charge is 0.446 e. The fourth-order valence-corrected chi connectivity index (χ4v) is 2.44. The number of hydrogen-bond donors (Lipinski definition) is 0. The summed E-state index contributed by atoms with van der Waals surface area (Å²) in [6.45, 7) is -3.11. The van der Waals surface area contributed by atoms with Crippen LogP contribution in [0.4, 0.5) is 22.0 Å². The number of benzene rings is 1. The first-order chi connectivity index (χ1) is 7.69. The Morgan fingerprint density at radius 3 is 2.24 bits per heavy atom. The molecule has 96 valence electrons. The van der Waals surface area contributed by atoms with E-state index in [0.29, 0.717) is 0 Å². The number of thioether (sulfide) groups is 1. The lowest BCUT2D eigenvalue weighted by Gasteiger charge is -2.11. The van der Waals surface area contributed by atoms with Gasteiger partial charge in [-0.1, -0.05) is 0 Å². The molecule has 17 heavy (non-hydrogen) atoms. The molecule has 0 aliphatic carbocycles. The van der Waals surface area contributed by atoms with Gasteiger partial charge in [-0.3, -0.25) is 0 Å². The number of halogens is 7. The van der Waals surface area contributed by atoms with Gasteiger partial charge in [-0.2, -0.15) is 22.0 Å². The first-order valence-corrected chi connectivity index (χ1v) is 6.29. The van der Waals surface area contributed by atoms with Gasteiger partial charge in [-0.15, -0.1) is 0 Å². The maximum atomic E-state index is 12.1. The Balaban J connectivity index is 3.06. The molecule has 1 aromatic rings.